The van der Waals surface area contributed by atoms with E-state index in [1.807, 2.05) is 11.8 Å². The van der Waals surface area contributed by atoms with Crippen molar-refractivity contribution in [3.05, 3.63) is 9.74 Å². The monoisotopic (exact) mass is 238 g/mol. The Balaban J connectivity index is 2.42. The number of thioether (sulfide) groups is 1. The maximum absolute atomic E-state index is 4.16. The Kier molecular flexibility index (Phi) is 3.65. The van der Waals surface area contributed by atoms with Crippen LogP contribution in [0.4, 0.5) is 0 Å². The molecule has 2 nitrogen and oxygen atoms in total. The van der Waals surface area contributed by atoms with Gasteiger partial charge in [-0.3, -0.25) is 0 Å². The summed E-state index contributed by atoms with van der Waals surface area (Å²) in [7, 11) is 0. The Bertz CT molecular complexity index is 201. The Morgan fingerprint density at radius 2 is 2.50 bits per heavy atom. The van der Waals surface area contributed by atoms with E-state index in [-0.39, 0.29) is 0 Å². The molecule has 0 amide bonds. The van der Waals surface area contributed by atoms with Crippen LogP contribution in [0.2, 0.25) is 0 Å². The Morgan fingerprint density at radius 1 is 1.70 bits per heavy atom. The minimum Gasteiger partial charge on any atom is -0.212 e. The van der Waals surface area contributed by atoms with E-state index in [0.29, 0.717) is 0 Å². The first-order valence-electron chi connectivity index (χ1n) is 2.80. The molecule has 0 aromatic carbocycles. The number of hydrogen-bond acceptors (Lipinski definition) is 4. The molecule has 0 fully saturated rings. The predicted octanol–water partition coefficient (Wildman–Crippen LogP) is 2.21. The first-order chi connectivity index (χ1) is 4.83. The second kappa shape index (κ2) is 4.31. The predicted molar refractivity (Wildman–Crippen MR) is 49.7 cm³/mol. The van der Waals surface area contributed by atoms with Gasteiger partial charge in [-0.2, -0.15) is 16.1 Å². The van der Waals surface area contributed by atoms with Crippen LogP contribution in [0, 0.1) is 0 Å². The molecule has 0 radical (unpaired) electrons. The second-order valence-corrected chi connectivity index (χ2v) is 4.72. The smallest absolute Gasteiger partial charge is 0.179 e. The van der Waals surface area contributed by atoms with Crippen LogP contribution in [0.1, 0.15) is 5.82 Å². The Hall–Kier alpha value is 0.390. The van der Waals surface area contributed by atoms with Gasteiger partial charge in [0.05, 0.1) is 0 Å². The zero-order chi connectivity index (χ0) is 7.40. The molecule has 0 N–H and O–H groups in total. The topological polar surface area (TPSA) is 25.8 Å². The van der Waals surface area contributed by atoms with E-state index < -0.39 is 0 Å². The normalized spacial score (nSPS) is 10.2. The summed E-state index contributed by atoms with van der Waals surface area (Å²) in [5.41, 5.74) is 0. The van der Waals surface area contributed by atoms with Crippen LogP contribution in [0.15, 0.2) is 3.92 Å². The summed E-state index contributed by atoms with van der Waals surface area (Å²) in [6, 6.07) is 0. The van der Waals surface area contributed by atoms with Gasteiger partial charge in [0.25, 0.3) is 0 Å². The highest BCUT2D eigenvalue weighted by molar-refractivity contribution is 9.11. The van der Waals surface area contributed by atoms with Crippen LogP contribution in [0.25, 0.3) is 0 Å². The summed E-state index contributed by atoms with van der Waals surface area (Å²) >= 11 is 6.48. The van der Waals surface area contributed by atoms with E-state index in [4.69, 9.17) is 0 Å². The minimum absolute atomic E-state index is 0.878. The molecule has 0 aliphatic rings. The zero-order valence-electron chi connectivity index (χ0n) is 5.50. The molecule has 0 atom stereocenters. The summed E-state index contributed by atoms with van der Waals surface area (Å²) in [5.74, 6) is 2.05. The molecule has 0 bridgehead atoms. The Morgan fingerprint density at radius 3 is 3.00 bits per heavy atom. The highest BCUT2D eigenvalue weighted by atomic mass is 79.9. The Labute approximate surface area is 76.7 Å². The first kappa shape index (κ1) is 8.49. The van der Waals surface area contributed by atoms with Gasteiger partial charge in [0.1, 0.15) is 5.82 Å². The molecule has 0 spiro atoms. The fourth-order valence-corrected chi connectivity index (χ4v) is 1.80. The molecular formula is C5H7BrN2S2. The highest BCUT2D eigenvalue weighted by Gasteiger charge is 1.98. The van der Waals surface area contributed by atoms with Crippen LogP contribution < -0.4 is 0 Å². The molecule has 1 aromatic rings. The molecule has 0 unspecified atom stereocenters. The van der Waals surface area contributed by atoms with Crippen molar-refractivity contribution < 1.29 is 0 Å². The number of halogens is 1. The van der Waals surface area contributed by atoms with E-state index >= 15 is 0 Å². The van der Waals surface area contributed by atoms with Crippen molar-refractivity contribution in [2.24, 2.45) is 0 Å². The van der Waals surface area contributed by atoms with Crippen molar-refractivity contribution >= 4 is 39.2 Å². The summed E-state index contributed by atoms with van der Waals surface area (Å²) in [5, 5.41) is 0. The van der Waals surface area contributed by atoms with Gasteiger partial charge in [0.2, 0.25) is 0 Å². The van der Waals surface area contributed by atoms with Gasteiger partial charge in [-0.05, 0) is 33.7 Å². The average molecular weight is 239 g/mol. The molecule has 0 aliphatic carbocycles. The molecule has 10 heavy (non-hydrogen) atoms. The van der Waals surface area contributed by atoms with E-state index in [9.17, 15) is 0 Å². The summed E-state index contributed by atoms with van der Waals surface area (Å²) in [6.45, 7) is 0. The third-order valence-corrected chi connectivity index (χ3v) is 2.74. The maximum Gasteiger partial charge on any atom is 0.179 e. The standard InChI is InChI=1S/C5H7BrN2S2/c1-9-3-2-4-7-5(6)10-8-4/h2-3H2,1H3. The van der Waals surface area contributed by atoms with Gasteiger partial charge in [0, 0.05) is 12.2 Å². The van der Waals surface area contributed by atoms with E-state index in [1.54, 1.807) is 0 Å². The molecule has 5 heteroatoms. The molecule has 0 saturated heterocycles. The van der Waals surface area contributed by atoms with Crippen molar-refractivity contribution in [2.45, 2.75) is 6.42 Å². The number of aromatic nitrogens is 2. The van der Waals surface area contributed by atoms with Crippen LogP contribution in [0.3, 0.4) is 0 Å². The lowest BCUT2D eigenvalue weighted by Gasteiger charge is -1.88. The third-order valence-electron chi connectivity index (χ3n) is 0.973. The SMILES string of the molecule is CSCCc1nsc(Br)n1. The molecule has 1 rings (SSSR count). The van der Waals surface area contributed by atoms with Gasteiger partial charge in [-0.25, -0.2) is 4.98 Å². The van der Waals surface area contributed by atoms with Crippen LogP contribution in [-0.2, 0) is 6.42 Å². The fourth-order valence-electron chi connectivity index (χ4n) is 0.528. The van der Waals surface area contributed by atoms with Crippen molar-refractivity contribution in [3.63, 3.8) is 0 Å². The highest BCUT2D eigenvalue weighted by Crippen LogP contribution is 2.12. The lowest BCUT2D eigenvalue weighted by Crippen LogP contribution is -1.89. The summed E-state index contributed by atoms with van der Waals surface area (Å²) in [6.07, 6.45) is 3.06. The zero-order valence-corrected chi connectivity index (χ0v) is 8.72. The van der Waals surface area contributed by atoms with Gasteiger partial charge in [0.15, 0.2) is 3.92 Å². The number of hydrogen-bond donors (Lipinski definition) is 0. The second-order valence-electron chi connectivity index (χ2n) is 1.71. The van der Waals surface area contributed by atoms with Crippen molar-refractivity contribution in [3.8, 4) is 0 Å². The number of aryl methyl sites for hydroxylation is 1. The molecule has 1 heterocycles. The lowest BCUT2D eigenvalue weighted by atomic mass is 10.5. The summed E-state index contributed by atoms with van der Waals surface area (Å²) < 4.78 is 5.00. The quantitative estimate of drug-likeness (QED) is 0.808. The number of rotatable bonds is 3. The van der Waals surface area contributed by atoms with E-state index in [0.717, 1.165) is 21.9 Å². The fraction of sp³-hybridized carbons (Fsp3) is 0.600. The lowest BCUT2D eigenvalue weighted by molar-refractivity contribution is 1.00. The van der Waals surface area contributed by atoms with Gasteiger partial charge in [-0.15, -0.1) is 0 Å². The summed E-state index contributed by atoms with van der Waals surface area (Å²) in [4.78, 5) is 4.16. The molecule has 0 saturated carbocycles. The largest absolute Gasteiger partial charge is 0.212 e. The van der Waals surface area contributed by atoms with Crippen LogP contribution in [-0.4, -0.2) is 21.4 Å². The van der Waals surface area contributed by atoms with Gasteiger partial charge in [-0.1, -0.05) is 0 Å². The van der Waals surface area contributed by atoms with Crippen LogP contribution in [0.5, 0.6) is 0 Å². The molecule has 56 valence electrons. The van der Waals surface area contributed by atoms with Crippen LogP contribution >= 0.6 is 39.2 Å². The van der Waals surface area contributed by atoms with Gasteiger partial charge < -0.3 is 0 Å². The first-order valence-corrected chi connectivity index (χ1v) is 5.76. The van der Waals surface area contributed by atoms with Crippen molar-refractivity contribution in [2.75, 3.05) is 12.0 Å². The third kappa shape index (κ3) is 2.56. The van der Waals surface area contributed by atoms with Gasteiger partial charge >= 0.3 is 0 Å². The number of nitrogens with zero attached hydrogens (tertiary/aromatic N) is 2. The van der Waals surface area contributed by atoms with Crippen molar-refractivity contribution in [1.82, 2.24) is 9.36 Å². The minimum atomic E-state index is 0.878. The molecule has 1 aromatic heterocycles. The van der Waals surface area contributed by atoms with E-state index in [1.165, 1.54) is 11.5 Å². The molecule has 0 aliphatic heterocycles. The van der Waals surface area contributed by atoms with Crippen molar-refractivity contribution in [1.29, 1.82) is 0 Å². The maximum atomic E-state index is 4.16. The molecular weight excluding hydrogens is 232 g/mol. The average Bonchev–Trinajstić information content (AvgIpc) is 2.31. The van der Waals surface area contributed by atoms with E-state index in [2.05, 4.69) is 31.5 Å².